The van der Waals surface area contributed by atoms with Gasteiger partial charge in [0, 0.05) is 17.5 Å². The highest BCUT2D eigenvalue weighted by Crippen LogP contribution is 2.33. The Labute approximate surface area is 199 Å². The van der Waals surface area contributed by atoms with Crippen molar-refractivity contribution >= 4 is 34.6 Å². The van der Waals surface area contributed by atoms with Gasteiger partial charge in [0.05, 0.1) is 56.5 Å². The van der Waals surface area contributed by atoms with E-state index in [-0.39, 0.29) is 0 Å². The third-order valence-corrected chi connectivity index (χ3v) is 6.52. The molecule has 0 aliphatic carbocycles. The molecule has 0 aliphatic rings. The van der Waals surface area contributed by atoms with Gasteiger partial charge in [0.1, 0.15) is 23.0 Å². The van der Waals surface area contributed by atoms with Crippen molar-refractivity contribution in [1.29, 1.82) is 0 Å². The van der Waals surface area contributed by atoms with Gasteiger partial charge in [-0.05, 0) is 35.7 Å². The summed E-state index contributed by atoms with van der Waals surface area (Å²) >= 11 is 3.16. The van der Waals surface area contributed by atoms with Crippen LogP contribution in [0.2, 0.25) is 0 Å². The minimum Gasteiger partial charge on any atom is -0.497 e. The molecule has 0 saturated carbocycles. The first-order valence-corrected chi connectivity index (χ1v) is 11.7. The topological polar surface area (TPSA) is 66.6 Å². The van der Waals surface area contributed by atoms with E-state index in [9.17, 15) is 0 Å². The molecule has 0 amide bonds. The van der Waals surface area contributed by atoms with Crippen LogP contribution in [-0.4, -0.2) is 39.3 Å². The fraction of sp³-hybridized carbons (Fsp3) is 0.167. The number of nitrogens with zero attached hydrogens (tertiary/aromatic N) is 3. The van der Waals surface area contributed by atoms with Crippen LogP contribution in [0.3, 0.4) is 0 Å². The third-order valence-electron chi connectivity index (χ3n) is 4.81. The highest BCUT2D eigenvalue weighted by Gasteiger charge is 2.13. The van der Waals surface area contributed by atoms with E-state index in [0.717, 1.165) is 26.8 Å². The van der Waals surface area contributed by atoms with Gasteiger partial charge in [0.25, 0.3) is 0 Å². The number of rotatable bonds is 8. The Kier molecular flexibility index (Phi) is 7.11. The maximum Gasteiger partial charge on any atom is 0.211 e. The van der Waals surface area contributed by atoms with E-state index in [1.807, 2.05) is 45.8 Å². The maximum atomic E-state index is 5.56. The number of thiophene rings is 1. The fourth-order valence-electron chi connectivity index (χ4n) is 3.13. The Balaban J connectivity index is 1.84. The predicted molar refractivity (Wildman–Crippen MR) is 133 cm³/mol. The minimum atomic E-state index is 0.595. The van der Waals surface area contributed by atoms with Crippen LogP contribution < -0.4 is 23.7 Å². The molecule has 2 aromatic heterocycles. The molecule has 0 aliphatic heterocycles. The van der Waals surface area contributed by atoms with Crippen molar-refractivity contribution in [1.82, 2.24) is 4.68 Å². The minimum absolute atomic E-state index is 0.595. The molecule has 0 bridgehead atoms. The summed E-state index contributed by atoms with van der Waals surface area (Å²) in [4.78, 5) is 6.63. The highest BCUT2D eigenvalue weighted by atomic mass is 32.1. The molecule has 0 atom stereocenters. The number of thiazole rings is 1. The van der Waals surface area contributed by atoms with E-state index in [4.69, 9.17) is 29.0 Å². The zero-order chi connectivity index (χ0) is 23.2. The highest BCUT2D eigenvalue weighted by molar-refractivity contribution is 7.14. The lowest BCUT2D eigenvalue weighted by Crippen LogP contribution is -2.11. The quantitative estimate of drug-likeness (QED) is 0.315. The van der Waals surface area contributed by atoms with Crippen LogP contribution in [-0.2, 0) is 0 Å². The summed E-state index contributed by atoms with van der Waals surface area (Å²) in [5, 5.41) is 8.87. The van der Waals surface area contributed by atoms with Crippen LogP contribution >= 0.6 is 22.7 Å². The van der Waals surface area contributed by atoms with Gasteiger partial charge >= 0.3 is 0 Å². The first-order valence-electron chi connectivity index (χ1n) is 9.94. The molecule has 33 heavy (non-hydrogen) atoms. The second-order valence-electron chi connectivity index (χ2n) is 6.69. The molecule has 0 N–H and O–H groups in total. The van der Waals surface area contributed by atoms with Crippen molar-refractivity contribution in [3.63, 3.8) is 0 Å². The number of aromatic nitrogens is 1. The summed E-state index contributed by atoms with van der Waals surface area (Å²) in [5.74, 6) is 2.61. The van der Waals surface area contributed by atoms with Gasteiger partial charge in [0.2, 0.25) is 4.80 Å². The fourth-order valence-corrected chi connectivity index (χ4v) is 4.77. The average molecular weight is 482 g/mol. The van der Waals surface area contributed by atoms with E-state index in [2.05, 4.69) is 6.07 Å². The molecule has 7 nitrogen and oxygen atoms in total. The van der Waals surface area contributed by atoms with Crippen molar-refractivity contribution in [2.75, 3.05) is 28.4 Å². The number of benzene rings is 2. The number of hydrogen-bond acceptors (Lipinski definition) is 8. The molecule has 0 fully saturated rings. The molecule has 2 aromatic carbocycles. The summed E-state index contributed by atoms with van der Waals surface area (Å²) in [7, 11) is 6.45. The number of ether oxygens (including phenoxy) is 4. The van der Waals surface area contributed by atoms with Gasteiger partial charge < -0.3 is 18.9 Å². The van der Waals surface area contributed by atoms with E-state index >= 15 is 0 Å². The molecule has 9 heteroatoms. The van der Waals surface area contributed by atoms with Gasteiger partial charge in [0.15, 0.2) is 0 Å². The molecule has 0 radical (unpaired) electrons. The number of methoxy groups -OCH3 is 4. The zero-order valence-electron chi connectivity index (χ0n) is 18.6. The third kappa shape index (κ3) is 4.94. The molecule has 170 valence electrons. The van der Waals surface area contributed by atoms with E-state index in [0.29, 0.717) is 22.8 Å². The summed E-state index contributed by atoms with van der Waals surface area (Å²) in [6.45, 7) is 0. The van der Waals surface area contributed by atoms with E-state index in [1.54, 1.807) is 58.1 Å². The van der Waals surface area contributed by atoms with Crippen molar-refractivity contribution in [2.45, 2.75) is 0 Å². The van der Waals surface area contributed by atoms with Crippen molar-refractivity contribution in [3.8, 4) is 33.6 Å². The summed E-state index contributed by atoms with van der Waals surface area (Å²) < 4.78 is 23.5. The summed E-state index contributed by atoms with van der Waals surface area (Å²) in [6.07, 6.45) is 1.72. The van der Waals surface area contributed by atoms with Crippen LogP contribution in [0.25, 0.3) is 10.6 Å². The molecule has 0 spiro atoms. The Morgan fingerprint density at radius 1 is 0.818 bits per heavy atom. The summed E-state index contributed by atoms with van der Waals surface area (Å²) in [5.41, 5.74) is 2.45. The molecule has 4 aromatic rings. The lowest BCUT2D eigenvalue weighted by atomic mass is 10.2. The van der Waals surface area contributed by atoms with Crippen LogP contribution in [0.5, 0.6) is 23.0 Å². The Morgan fingerprint density at radius 3 is 2.09 bits per heavy atom. The zero-order valence-corrected chi connectivity index (χ0v) is 20.3. The van der Waals surface area contributed by atoms with Crippen LogP contribution in [0.1, 0.15) is 5.56 Å². The normalized spacial score (nSPS) is 11.7. The van der Waals surface area contributed by atoms with Gasteiger partial charge in [-0.2, -0.15) is 5.10 Å². The standard InChI is InChI=1S/C24H23N3O4S2/c1-28-17-9-7-16(8-10-17)26-24-27(20(15-33-24)23-6-5-11-32-23)25-14-19-21(30-3)12-18(29-2)13-22(19)31-4/h5-15H,1-4H3. The lowest BCUT2D eigenvalue weighted by Gasteiger charge is -2.12. The summed E-state index contributed by atoms with van der Waals surface area (Å²) in [6, 6.07) is 15.3. The molecule has 4 rings (SSSR count). The largest absolute Gasteiger partial charge is 0.497 e. The Bertz CT molecular complexity index is 1280. The van der Waals surface area contributed by atoms with Crippen LogP contribution in [0.4, 0.5) is 5.69 Å². The molecule has 0 unspecified atom stereocenters. The molecule has 0 saturated heterocycles. The van der Waals surface area contributed by atoms with Gasteiger partial charge in [-0.3, -0.25) is 0 Å². The van der Waals surface area contributed by atoms with Gasteiger partial charge in [-0.25, -0.2) is 9.67 Å². The second kappa shape index (κ2) is 10.4. The first kappa shape index (κ1) is 22.6. The SMILES string of the molecule is COc1ccc(N=c2scc(-c3cccs3)n2N=Cc2c(OC)cc(OC)cc2OC)cc1. The van der Waals surface area contributed by atoms with E-state index < -0.39 is 0 Å². The van der Waals surface area contributed by atoms with E-state index in [1.165, 1.54) is 11.3 Å². The monoisotopic (exact) mass is 481 g/mol. The molecule has 2 heterocycles. The van der Waals surface area contributed by atoms with Crippen LogP contribution in [0, 0.1) is 0 Å². The smallest absolute Gasteiger partial charge is 0.211 e. The van der Waals surface area contributed by atoms with Crippen LogP contribution in [0.15, 0.2) is 69.4 Å². The van der Waals surface area contributed by atoms with Crippen molar-refractivity contribution in [2.24, 2.45) is 10.1 Å². The predicted octanol–water partition coefficient (Wildman–Crippen LogP) is 5.43. The first-order chi connectivity index (χ1) is 16.2. The molecular formula is C24H23N3O4S2. The average Bonchev–Trinajstić information content (AvgIpc) is 3.52. The number of hydrogen-bond donors (Lipinski definition) is 0. The Morgan fingerprint density at radius 2 is 1.52 bits per heavy atom. The van der Waals surface area contributed by atoms with Crippen molar-refractivity contribution < 1.29 is 18.9 Å². The van der Waals surface area contributed by atoms with Crippen molar-refractivity contribution in [3.05, 3.63) is 69.7 Å². The molecular weight excluding hydrogens is 458 g/mol. The lowest BCUT2D eigenvalue weighted by molar-refractivity contribution is 0.374. The Hall–Kier alpha value is -3.56. The maximum absolute atomic E-state index is 5.56. The second-order valence-corrected chi connectivity index (χ2v) is 8.48. The van der Waals surface area contributed by atoms with Gasteiger partial charge in [-0.15, -0.1) is 22.7 Å². The van der Waals surface area contributed by atoms with Gasteiger partial charge in [-0.1, -0.05) is 6.07 Å².